The molecule has 18 heavy (non-hydrogen) atoms. The zero-order valence-electron chi connectivity index (χ0n) is 12.7. The second kappa shape index (κ2) is 4.11. The van der Waals surface area contributed by atoms with Crippen molar-refractivity contribution in [2.75, 3.05) is 0 Å². The van der Waals surface area contributed by atoms with Gasteiger partial charge in [-0.1, -0.05) is 41.5 Å². The fourth-order valence-corrected chi connectivity index (χ4v) is 2.40. The Morgan fingerprint density at radius 2 is 1.22 bits per heavy atom. The van der Waals surface area contributed by atoms with Crippen molar-refractivity contribution in [3.05, 3.63) is 32.1 Å². The first-order chi connectivity index (χ1) is 7.89. The molecule has 4 heteroatoms. The Morgan fingerprint density at radius 3 is 1.56 bits per heavy atom. The predicted molar refractivity (Wildman–Crippen MR) is 74.3 cm³/mol. The summed E-state index contributed by atoms with van der Waals surface area (Å²) in [5.41, 5.74) is 0.559. The molecule has 1 heterocycles. The van der Waals surface area contributed by atoms with Gasteiger partial charge in [0.15, 0.2) is 0 Å². The molecular formula is C14H24N2O2. The molecule has 0 bridgehead atoms. The van der Waals surface area contributed by atoms with Crippen LogP contribution in [-0.2, 0) is 24.9 Å². The lowest BCUT2D eigenvalue weighted by Crippen LogP contribution is -2.46. The molecule has 0 N–H and O–H groups in total. The van der Waals surface area contributed by atoms with Gasteiger partial charge >= 0.3 is 5.69 Å². The predicted octanol–water partition coefficient (Wildman–Crippen LogP) is 1.68. The zero-order chi connectivity index (χ0) is 14.5. The van der Waals surface area contributed by atoms with Gasteiger partial charge in [-0.2, -0.15) is 0 Å². The summed E-state index contributed by atoms with van der Waals surface area (Å²) in [4.78, 5) is 24.5. The van der Waals surface area contributed by atoms with Crippen molar-refractivity contribution >= 4 is 0 Å². The SMILES string of the molecule is Cn1c(C(C)(C)C)c(C(C)(C)C)c(=O)n(C)c1=O. The van der Waals surface area contributed by atoms with Gasteiger partial charge in [-0.25, -0.2) is 4.79 Å². The van der Waals surface area contributed by atoms with E-state index in [2.05, 4.69) is 0 Å². The van der Waals surface area contributed by atoms with E-state index in [9.17, 15) is 9.59 Å². The van der Waals surface area contributed by atoms with Crippen molar-refractivity contribution in [3.63, 3.8) is 0 Å². The maximum absolute atomic E-state index is 12.4. The summed E-state index contributed by atoms with van der Waals surface area (Å²) in [6.45, 7) is 12.1. The number of nitrogens with zero attached hydrogens (tertiary/aromatic N) is 2. The number of hydrogen-bond donors (Lipinski definition) is 0. The van der Waals surface area contributed by atoms with Gasteiger partial charge in [-0.3, -0.25) is 13.9 Å². The zero-order valence-corrected chi connectivity index (χ0v) is 12.7. The van der Waals surface area contributed by atoms with E-state index in [1.807, 2.05) is 41.5 Å². The fourth-order valence-electron chi connectivity index (χ4n) is 2.40. The molecule has 1 aromatic heterocycles. The minimum atomic E-state index is -0.289. The van der Waals surface area contributed by atoms with Crippen LogP contribution >= 0.6 is 0 Å². The Kier molecular flexibility index (Phi) is 3.36. The lowest BCUT2D eigenvalue weighted by molar-refractivity contribution is 0.460. The highest BCUT2D eigenvalue weighted by molar-refractivity contribution is 5.31. The smallest absolute Gasteiger partial charge is 0.300 e. The summed E-state index contributed by atoms with van der Waals surface area (Å²) in [5, 5.41) is 0. The van der Waals surface area contributed by atoms with Crippen LogP contribution in [0.5, 0.6) is 0 Å². The monoisotopic (exact) mass is 252 g/mol. The van der Waals surface area contributed by atoms with Crippen LogP contribution in [0.1, 0.15) is 52.8 Å². The molecule has 0 unspecified atom stereocenters. The molecule has 0 spiro atoms. The standard InChI is InChI=1S/C14H24N2O2/c1-13(2,3)9-10(14(4,5)6)15(7)12(18)16(8)11(9)17/h1-8H3. The van der Waals surface area contributed by atoms with E-state index in [4.69, 9.17) is 0 Å². The van der Waals surface area contributed by atoms with Crippen molar-refractivity contribution in [2.45, 2.75) is 52.4 Å². The van der Waals surface area contributed by atoms with Crippen LogP contribution in [0.15, 0.2) is 9.59 Å². The molecule has 0 saturated heterocycles. The maximum atomic E-state index is 12.4. The number of hydrogen-bond acceptors (Lipinski definition) is 2. The van der Waals surface area contributed by atoms with Crippen LogP contribution in [0.25, 0.3) is 0 Å². The molecule has 0 aromatic carbocycles. The summed E-state index contributed by atoms with van der Waals surface area (Å²) >= 11 is 0. The number of rotatable bonds is 0. The van der Waals surface area contributed by atoms with Crippen LogP contribution in [0.4, 0.5) is 0 Å². The quantitative estimate of drug-likeness (QED) is 0.705. The highest BCUT2D eigenvalue weighted by Crippen LogP contribution is 2.30. The summed E-state index contributed by atoms with van der Waals surface area (Å²) in [7, 11) is 3.27. The molecule has 0 aliphatic heterocycles. The maximum Gasteiger partial charge on any atom is 0.330 e. The number of aromatic nitrogens is 2. The molecule has 0 fully saturated rings. The molecule has 0 aliphatic carbocycles. The molecule has 0 saturated carbocycles. The molecule has 102 valence electrons. The summed E-state index contributed by atoms with van der Waals surface area (Å²) < 4.78 is 2.79. The largest absolute Gasteiger partial charge is 0.330 e. The Morgan fingerprint density at radius 1 is 0.778 bits per heavy atom. The first-order valence-electron chi connectivity index (χ1n) is 6.20. The second-order valence-electron chi connectivity index (χ2n) is 6.93. The van der Waals surface area contributed by atoms with Gasteiger partial charge in [0, 0.05) is 30.8 Å². The molecule has 4 nitrogen and oxygen atoms in total. The highest BCUT2D eigenvalue weighted by Gasteiger charge is 2.31. The third-order valence-corrected chi connectivity index (χ3v) is 3.12. The molecular weight excluding hydrogens is 228 g/mol. The van der Waals surface area contributed by atoms with Gasteiger partial charge in [0.2, 0.25) is 0 Å². The van der Waals surface area contributed by atoms with E-state index in [1.54, 1.807) is 11.6 Å². The molecule has 0 radical (unpaired) electrons. The topological polar surface area (TPSA) is 44.0 Å². The average Bonchev–Trinajstić information content (AvgIpc) is 2.16. The van der Waals surface area contributed by atoms with Crippen LogP contribution in [0.2, 0.25) is 0 Å². The van der Waals surface area contributed by atoms with Gasteiger partial charge < -0.3 is 0 Å². The summed E-state index contributed by atoms with van der Waals surface area (Å²) in [6, 6.07) is 0. The highest BCUT2D eigenvalue weighted by atomic mass is 16.2. The van der Waals surface area contributed by atoms with E-state index < -0.39 is 0 Å². The summed E-state index contributed by atoms with van der Waals surface area (Å²) in [5.74, 6) is 0. The Labute approximate surface area is 108 Å². The Hall–Kier alpha value is -1.32. The lowest BCUT2D eigenvalue weighted by atomic mass is 9.78. The lowest BCUT2D eigenvalue weighted by Gasteiger charge is -2.31. The van der Waals surface area contributed by atoms with Crippen LogP contribution < -0.4 is 11.2 Å². The molecule has 0 atom stereocenters. The van der Waals surface area contributed by atoms with Gasteiger partial charge in [-0.05, 0) is 5.41 Å². The van der Waals surface area contributed by atoms with E-state index in [1.165, 1.54) is 11.6 Å². The normalized spacial score (nSPS) is 12.9. The van der Waals surface area contributed by atoms with Crippen molar-refractivity contribution in [1.82, 2.24) is 9.13 Å². The van der Waals surface area contributed by atoms with Gasteiger partial charge in [0.05, 0.1) is 0 Å². The summed E-state index contributed by atoms with van der Waals surface area (Å²) in [6.07, 6.45) is 0. The van der Waals surface area contributed by atoms with E-state index in [0.29, 0.717) is 0 Å². The molecule has 0 aliphatic rings. The fraction of sp³-hybridized carbons (Fsp3) is 0.714. The first-order valence-corrected chi connectivity index (χ1v) is 6.20. The van der Waals surface area contributed by atoms with Gasteiger partial charge in [0.1, 0.15) is 0 Å². The molecule has 1 rings (SSSR count). The van der Waals surface area contributed by atoms with Crippen molar-refractivity contribution < 1.29 is 0 Å². The van der Waals surface area contributed by atoms with Crippen molar-refractivity contribution in [2.24, 2.45) is 14.1 Å². The third kappa shape index (κ3) is 2.28. The average molecular weight is 252 g/mol. The third-order valence-electron chi connectivity index (χ3n) is 3.12. The molecule has 0 amide bonds. The van der Waals surface area contributed by atoms with Crippen LogP contribution in [-0.4, -0.2) is 9.13 Å². The van der Waals surface area contributed by atoms with E-state index in [0.717, 1.165) is 11.3 Å². The Bertz CT molecular complexity index is 578. The molecule has 1 aromatic rings. The van der Waals surface area contributed by atoms with Gasteiger partial charge in [-0.15, -0.1) is 0 Å². The van der Waals surface area contributed by atoms with Crippen LogP contribution in [0, 0.1) is 0 Å². The minimum absolute atomic E-state index is 0.185. The van der Waals surface area contributed by atoms with Gasteiger partial charge in [0.25, 0.3) is 5.56 Å². The van der Waals surface area contributed by atoms with Crippen molar-refractivity contribution in [3.8, 4) is 0 Å². The van der Waals surface area contributed by atoms with Crippen molar-refractivity contribution in [1.29, 1.82) is 0 Å². The Balaban J connectivity index is 4.03. The van der Waals surface area contributed by atoms with E-state index in [-0.39, 0.29) is 22.1 Å². The van der Waals surface area contributed by atoms with Crippen LogP contribution in [0.3, 0.4) is 0 Å². The second-order valence-corrected chi connectivity index (χ2v) is 6.93. The minimum Gasteiger partial charge on any atom is -0.300 e. The van der Waals surface area contributed by atoms with E-state index >= 15 is 0 Å². The first kappa shape index (κ1) is 14.7.